The molecule has 0 saturated carbocycles. The highest BCUT2D eigenvalue weighted by atomic mass is 32.2. The number of nitrogens with one attached hydrogen (secondary N) is 2. The molecule has 0 spiro atoms. The number of hydrogen-bond donors (Lipinski definition) is 2. The van der Waals surface area contributed by atoms with Crippen molar-refractivity contribution in [2.24, 2.45) is 0 Å². The van der Waals surface area contributed by atoms with E-state index < -0.39 is 28.3 Å². The number of carbonyl (C=O) groups is 1. The summed E-state index contributed by atoms with van der Waals surface area (Å²) in [7, 11) is -3.69. The molecule has 0 fully saturated rings. The number of carbonyl (C=O) groups excluding carboxylic acids is 1. The molecule has 0 aromatic heterocycles. The molecule has 2 N–H and O–H groups in total. The van der Waals surface area contributed by atoms with E-state index >= 15 is 0 Å². The summed E-state index contributed by atoms with van der Waals surface area (Å²) >= 11 is 0. The van der Waals surface area contributed by atoms with Crippen LogP contribution in [0.4, 0.5) is 13.2 Å². The van der Waals surface area contributed by atoms with Crippen LogP contribution < -0.4 is 14.8 Å². The van der Waals surface area contributed by atoms with Crippen LogP contribution in [0, 0.1) is 0 Å². The third-order valence-electron chi connectivity index (χ3n) is 3.69. The molecule has 1 amide bonds. The van der Waals surface area contributed by atoms with Gasteiger partial charge in [0.05, 0.1) is 10.9 Å². The fraction of sp³-hybridized carbons (Fsp3) is 0.278. The summed E-state index contributed by atoms with van der Waals surface area (Å²) in [4.78, 5) is 12.1. The SMILES string of the molecule is CC(NC(=O)CCNS(=O)(=O)c1ccccc1)c1ccc(OC(F)(F)F)cc1. The van der Waals surface area contributed by atoms with Crippen LogP contribution in [0.15, 0.2) is 59.5 Å². The van der Waals surface area contributed by atoms with Crippen LogP contribution in [-0.4, -0.2) is 27.2 Å². The summed E-state index contributed by atoms with van der Waals surface area (Å²) in [5.41, 5.74) is 0.577. The fourth-order valence-corrected chi connectivity index (χ4v) is 3.39. The first-order chi connectivity index (χ1) is 13.1. The Kier molecular flexibility index (Phi) is 7.03. The summed E-state index contributed by atoms with van der Waals surface area (Å²) in [5, 5.41) is 2.65. The van der Waals surface area contributed by atoms with Crippen molar-refractivity contribution in [1.29, 1.82) is 0 Å². The van der Waals surface area contributed by atoms with Gasteiger partial charge >= 0.3 is 6.36 Å². The van der Waals surface area contributed by atoms with Gasteiger partial charge in [-0.2, -0.15) is 0 Å². The van der Waals surface area contributed by atoms with E-state index in [0.29, 0.717) is 5.56 Å². The molecule has 28 heavy (non-hydrogen) atoms. The van der Waals surface area contributed by atoms with Gasteiger partial charge in [-0.15, -0.1) is 13.2 Å². The fourth-order valence-electron chi connectivity index (χ4n) is 2.34. The molecular weight excluding hydrogens is 397 g/mol. The highest BCUT2D eigenvalue weighted by Crippen LogP contribution is 2.24. The van der Waals surface area contributed by atoms with Gasteiger partial charge in [0.15, 0.2) is 0 Å². The Labute approximate surface area is 160 Å². The lowest BCUT2D eigenvalue weighted by molar-refractivity contribution is -0.274. The van der Waals surface area contributed by atoms with Crippen molar-refractivity contribution in [2.75, 3.05) is 6.54 Å². The molecule has 0 radical (unpaired) electrons. The summed E-state index contributed by atoms with van der Waals surface area (Å²) in [6.07, 6.45) is -4.86. The maximum atomic E-state index is 12.2. The predicted octanol–water partition coefficient (Wildman–Crippen LogP) is 3.13. The molecule has 10 heteroatoms. The van der Waals surface area contributed by atoms with Gasteiger partial charge in [-0.25, -0.2) is 13.1 Å². The normalized spacial score (nSPS) is 13.0. The minimum absolute atomic E-state index is 0.0891. The molecule has 0 heterocycles. The van der Waals surface area contributed by atoms with E-state index in [-0.39, 0.29) is 23.6 Å². The third kappa shape index (κ3) is 6.86. The number of halogens is 3. The largest absolute Gasteiger partial charge is 0.573 e. The lowest BCUT2D eigenvalue weighted by atomic mass is 10.1. The number of rotatable bonds is 8. The van der Waals surface area contributed by atoms with Gasteiger partial charge in [-0.05, 0) is 36.8 Å². The zero-order chi connectivity index (χ0) is 20.8. The van der Waals surface area contributed by atoms with E-state index in [9.17, 15) is 26.4 Å². The van der Waals surface area contributed by atoms with Crippen molar-refractivity contribution in [3.05, 3.63) is 60.2 Å². The first-order valence-electron chi connectivity index (χ1n) is 8.26. The molecule has 0 aliphatic heterocycles. The number of sulfonamides is 1. The molecule has 152 valence electrons. The number of alkyl halides is 3. The van der Waals surface area contributed by atoms with Gasteiger partial charge in [0.2, 0.25) is 15.9 Å². The Morgan fingerprint density at radius 1 is 1.07 bits per heavy atom. The van der Waals surface area contributed by atoms with E-state index in [1.165, 1.54) is 24.3 Å². The van der Waals surface area contributed by atoms with Crippen LogP contribution in [0.2, 0.25) is 0 Å². The molecular formula is C18H19F3N2O4S. The summed E-state index contributed by atoms with van der Waals surface area (Å²) in [6, 6.07) is 12.4. The molecule has 6 nitrogen and oxygen atoms in total. The molecule has 1 unspecified atom stereocenters. The van der Waals surface area contributed by atoms with Crippen molar-refractivity contribution in [1.82, 2.24) is 10.0 Å². The van der Waals surface area contributed by atoms with Crippen LogP contribution in [0.1, 0.15) is 24.9 Å². The second-order valence-electron chi connectivity index (χ2n) is 5.87. The Morgan fingerprint density at radius 3 is 2.25 bits per heavy atom. The lowest BCUT2D eigenvalue weighted by Crippen LogP contribution is -2.32. The Morgan fingerprint density at radius 2 is 1.68 bits per heavy atom. The molecule has 0 saturated heterocycles. The van der Waals surface area contributed by atoms with E-state index in [4.69, 9.17) is 0 Å². The molecule has 0 aliphatic carbocycles. The number of hydrogen-bond acceptors (Lipinski definition) is 4. The maximum Gasteiger partial charge on any atom is 0.573 e. The van der Waals surface area contributed by atoms with Gasteiger partial charge in [-0.1, -0.05) is 30.3 Å². The van der Waals surface area contributed by atoms with Gasteiger partial charge in [-0.3, -0.25) is 4.79 Å². The second-order valence-corrected chi connectivity index (χ2v) is 7.63. The van der Waals surface area contributed by atoms with Crippen molar-refractivity contribution >= 4 is 15.9 Å². The van der Waals surface area contributed by atoms with Gasteiger partial charge in [0.1, 0.15) is 5.75 Å². The standard InChI is InChI=1S/C18H19F3N2O4S/c1-13(14-7-9-15(10-8-14)27-18(19,20)21)23-17(24)11-12-22-28(25,26)16-5-3-2-4-6-16/h2-10,13,22H,11-12H2,1H3,(H,23,24). The van der Waals surface area contributed by atoms with Crippen LogP contribution >= 0.6 is 0 Å². The Hall–Kier alpha value is -2.59. The highest BCUT2D eigenvalue weighted by molar-refractivity contribution is 7.89. The molecule has 1 atom stereocenters. The zero-order valence-electron chi connectivity index (χ0n) is 14.9. The van der Waals surface area contributed by atoms with Crippen molar-refractivity contribution in [3.63, 3.8) is 0 Å². The van der Waals surface area contributed by atoms with E-state index in [1.807, 2.05) is 0 Å². The minimum Gasteiger partial charge on any atom is -0.406 e. The predicted molar refractivity (Wildman–Crippen MR) is 95.9 cm³/mol. The maximum absolute atomic E-state index is 12.2. The van der Waals surface area contributed by atoms with Crippen molar-refractivity contribution in [2.45, 2.75) is 30.6 Å². The average Bonchev–Trinajstić information content (AvgIpc) is 2.61. The topological polar surface area (TPSA) is 84.5 Å². The smallest absolute Gasteiger partial charge is 0.406 e. The first kappa shape index (κ1) is 21.7. The minimum atomic E-state index is -4.77. The summed E-state index contributed by atoms with van der Waals surface area (Å²) in [6.45, 7) is 1.57. The Bertz CT molecular complexity index is 885. The molecule has 0 aliphatic rings. The van der Waals surface area contributed by atoms with Crippen LogP contribution in [0.25, 0.3) is 0 Å². The number of ether oxygens (including phenoxy) is 1. The summed E-state index contributed by atoms with van der Waals surface area (Å²) < 4.78 is 66.7. The quantitative estimate of drug-likeness (QED) is 0.693. The number of amides is 1. The lowest BCUT2D eigenvalue weighted by Gasteiger charge is -2.15. The molecule has 2 aromatic carbocycles. The monoisotopic (exact) mass is 416 g/mol. The Balaban J connectivity index is 1.82. The van der Waals surface area contributed by atoms with Gasteiger partial charge < -0.3 is 10.1 Å². The first-order valence-corrected chi connectivity index (χ1v) is 9.75. The van der Waals surface area contributed by atoms with E-state index in [0.717, 1.165) is 12.1 Å². The van der Waals surface area contributed by atoms with E-state index in [2.05, 4.69) is 14.8 Å². The number of benzene rings is 2. The molecule has 2 aromatic rings. The molecule has 2 rings (SSSR count). The van der Waals surface area contributed by atoms with Crippen molar-refractivity contribution < 1.29 is 31.1 Å². The average molecular weight is 416 g/mol. The van der Waals surface area contributed by atoms with Gasteiger partial charge in [0, 0.05) is 13.0 Å². The van der Waals surface area contributed by atoms with Gasteiger partial charge in [0.25, 0.3) is 0 Å². The highest BCUT2D eigenvalue weighted by Gasteiger charge is 2.31. The zero-order valence-corrected chi connectivity index (χ0v) is 15.7. The van der Waals surface area contributed by atoms with Crippen LogP contribution in [0.3, 0.4) is 0 Å². The van der Waals surface area contributed by atoms with E-state index in [1.54, 1.807) is 25.1 Å². The van der Waals surface area contributed by atoms with Crippen molar-refractivity contribution in [3.8, 4) is 5.75 Å². The van der Waals surface area contributed by atoms with Crippen LogP contribution in [0.5, 0.6) is 5.75 Å². The summed E-state index contributed by atoms with van der Waals surface area (Å²) in [5.74, 6) is -0.760. The third-order valence-corrected chi connectivity index (χ3v) is 5.17. The van der Waals surface area contributed by atoms with Crippen LogP contribution in [-0.2, 0) is 14.8 Å². The molecule has 0 bridgehead atoms. The second kappa shape index (κ2) is 9.07.